The molecule has 0 aliphatic heterocycles. The maximum atomic E-state index is 12.6. The minimum atomic E-state index is -0.139. The van der Waals surface area contributed by atoms with Crippen molar-refractivity contribution in [1.29, 1.82) is 0 Å². The van der Waals surface area contributed by atoms with Crippen LogP contribution in [0.5, 0.6) is 0 Å². The quantitative estimate of drug-likeness (QED) is 0.669. The summed E-state index contributed by atoms with van der Waals surface area (Å²) in [6.45, 7) is 6.86. The van der Waals surface area contributed by atoms with Crippen LogP contribution < -0.4 is 10.6 Å². The predicted octanol–water partition coefficient (Wildman–Crippen LogP) is 2.09. The van der Waals surface area contributed by atoms with Crippen LogP contribution >= 0.6 is 0 Å². The summed E-state index contributed by atoms with van der Waals surface area (Å²) in [6.07, 6.45) is 6.62. The molecule has 0 aromatic carbocycles. The molecule has 2 aliphatic rings. The molecule has 4 heteroatoms. The number of carbonyl (C=O) groups is 2. The van der Waals surface area contributed by atoms with Gasteiger partial charge in [0, 0.05) is 18.0 Å². The molecule has 0 saturated heterocycles. The Hall–Kier alpha value is -1.06. The second-order valence-electron chi connectivity index (χ2n) is 7.21. The van der Waals surface area contributed by atoms with Gasteiger partial charge in [-0.3, -0.25) is 9.59 Å². The zero-order valence-electron chi connectivity index (χ0n) is 12.9. The molecule has 0 spiro atoms. The Morgan fingerprint density at radius 3 is 2.55 bits per heavy atom. The number of hydrogen-bond donors (Lipinski definition) is 2. The zero-order valence-corrected chi connectivity index (χ0v) is 12.9. The van der Waals surface area contributed by atoms with Crippen molar-refractivity contribution in [2.24, 2.45) is 23.7 Å². The van der Waals surface area contributed by atoms with Gasteiger partial charge >= 0.3 is 0 Å². The second kappa shape index (κ2) is 6.15. The summed E-state index contributed by atoms with van der Waals surface area (Å²) in [5, 5.41) is 5.92. The van der Waals surface area contributed by atoms with Gasteiger partial charge in [-0.2, -0.15) is 0 Å². The maximum Gasteiger partial charge on any atom is 0.224 e. The van der Waals surface area contributed by atoms with Crippen molar-refractivity contribution in [2.75, 3.05) is 6.54 Å². The molecule has 3 atom stereocenters. The maximum absolute atomic E-state index is 12.6. The third-order valence-corrected chi connectivity index (χ3v) is 5.07. The fraction of sp³-hybridized carbons (Fsp3) is 0.875. The zero-order chi connectivity index (χ0) is 14.8. The van der Waals surface area contributed by atoms with E-state index in [4.69, 9.17) is 0 Å². The van der Waals surface area contributed by atoms with E-state index in [1.807, 2.05) is 0 Å². The van der Waals surface area contributed by atoms with Gasteiger partial charge in [-0.1, -0.05) is 19.8 Å². The van der Waals surface area contributed by atoms with Crippen LogP contribution in [0.15, 0.2) is 0 Å². The molecule has 2 amide bonds. The molecule has 2 fully saturated rings. The molecule has 0 radical (unpaired) electrons. The summed E-state index contributed by atoms with van der Waals surface area (Å²) in [6, 6.07) is 0. The smallest absolute Gasteiger partial charge is 0.224 e. The van der Waals surface area contributed by atoms with E-state index in [2.05, 4.69) is 31.4 Å². The van der Waals surface area contributed by atoms with Crippen molar-refractivity contribution in [1.82, 2.24) is 10.6 Å². The molecule has 2 aliphatic carbocycles. The van der Waals surface area contributed by atoms with E-state index in [-0.39, 0.29) is 17.4 Å². The van der Waals surface area contributed by atoms with Gasteiger partial charge in [0.05, 0.1) is 0 Å². The van der Waals surface area contributed by atoms with Gasteiger partial charge < -0.3 is 10.6 Å². The lowest BCUT2D eigenvalue weighted by Crippen LogP contribution is -2.55. The monoisotopic (exact) mass is 280 g/mol. The first-order valence-corrected chi connectivity index (χ1v) is 7.96. The summed E-state index contributed by atoms with van der Waals surface area (Å²) in [5.41, 5.74) is -0.139. The Morgan fingerprint density at radius 2 is 2.00 bits per heavy atom. The minimum absolute atomic E-state index is 0.0916. The van der Waals surface area contributed by atoms with Gasteiger partial charge in [0.2, 0.25) is 12.3 Å². The van der Waals surface area contributed by atoms with Crippen LogP contribution in [-0.4, -0.2) is 24.4 Å². The largest absolute Gasteiger partial charge is 0.358 e. The van der Waals surface area contributed by atoms with Crippen LogP contribution in [0.1, 0.15) is 52.9 Å². The summed E-state index contributed by atoms with van der Waals surface area (Å²) < 4.78 is 0. The summed E-state index contributed by atoms with van der Waals surface area (Å²) in [5.74, 6) is 1.97. The van der Waals surface area contributed by atoms with Crippen molar-refractivity contribution in [3.05, 3.63) is 0 Å². The molecule has 0 bridgehead atoms. The first-order chi connectivity index (χ1) is 9.46. The van der Waals surface area contributed by atoms with E-state index in [1.54, 1.807) is 0 Å². The molecule has 114 valence electrons. The number of amides is 2. The Labute approximate surface area is 122 Å². The lowest BCUT2D eigenvalue weighted by Gasteiger charge is -2.45. The molecule has 0 aromatic heterocycles. The SMILES string of the molecule is CCC(C)(C)NC(=O)C1C(CNC=O)CC1CC1CC1. The van der Waals surface area contributed by atoms with Crippen LogP contribution in [0.3, 0.4) is 0 Å². The van der Waals surface area contributed by atoms with Crippen LogP contribution in [-0.2, 0) is 9.59 Å². The summed E-state index contributed by atoms with van der Waals surface area (Å²) >= 11 is 0. The normalized spacial score (nSPS) is 29.4. The van der Waals surface area contributed by atoms with Gasteiger partial charge in [0.1, 0.15) is 0 Å². The van der Waals surface area contributed by atoms with E-state index in [0.29, 0.717) is 18.4 Å². The second-order valence-corrected chi connectivity index (χ2v) is 7.21. The third kappa shape index (κ3) is 3.74. The van der Waals surface area contributed by atoms with Gasteiger partial charge in [-0.25, -0.2) is 0 Å². The van der Waals surface area contributed by atoms with E-state index in [0.717, 1.165) is 25.2 Å². The van der Waals surface area contributed by atoms with Crippen LogP contribution in [0.4, 0.5) is 0 Å². The minimum Gasteiger partial charge on any atom is -0.358 e. The van der Waals surface area contributed by atoms with E-state index in [9.17, 15) is 9.59 Å². The first-order valence-electron chi connectivity index (χ1n) is 7.96. The molecule has 20 heavy (non-hydrogen) atoms. The topological polar surface area (TPSA) is 58.2 Å². The van der Waals surface area contributed by atoms with Crippen molar-refractivity contribution in [2.45, 2.75) is 58.4 Å². The fourth-order valence-corrected chi connectivity index (χ4v) is 3.24. The molecule has 2 saturated carbocycles. The van der Waals surface area contributed by atoms with E-state index < -0.39 is 0 Å². The lowest BCUT2D eigenvalue weighted by atomic mass is 9.62. The van der Waals surface area contributed by atoms with Crippen LogP contribution in [0.25, 0.3) is 0 Å². The van der Waals surface area contributed by atoms with Crippen molar-refractivity contribution in [3.63, 3.8) is 0 Å². The van der Waals surface area contributed by atoms with Gasteiger partial charge in [-0.15, -0.1) is 0 Å². The van der Waals surface area contributed by atoms with Gasteiger partial charge in [0.15, 0.2) is 0 Å². The Balaban J connectivity index is 1.93. The van der Waals surface area contributed by atoms with Crippen LogP contribution in [0, 0.1) is 23.7 Å². The van der Waals surface area contributed by atoms with Crippen molar-refractivity contribution in [3.8, 4) is 0 Å². The Morgan fingerprint density at radius 1 is 1.30 bits per heavy atom. The first kappa shape index (κ1) is 15.3. The Kier molecular flexibility index (Phi) is 4.71. The standard InChI is InChI=1S/C16H28N2O2/c1-4-16(2,3)18-15(20)14-12(7-11-5-6-11)8-13(14)9-17-10-19/h10-14H,4-9H2,1-3H3,(H,17,19)(H,18,20). The van der Waals surface area contributed by atoms with E-state index >= 15 is 0 Å². The van der Waals surface area contributed by atoms with Crippen LogP contribution in [0.2, 0.25) is 0 Å². The number of carbonyl (C=O) groups excluding carboxylic acids is 2. The van der Waals surface area contributed by atoms with Crippen molar-refractivity contribution >= 4 is 12.3 Å². The highest BCUT2D eigenvalue weighted by molar-refractivity contribution is 5.81. The summed E-state index contributed by atoms with van der Waals surface area (Å²) in [4.78, 5) is 23.0. The number of hydrogen-bond acceptors (Lipinski definition) is 2. The number of nitrogens with one attached hydrogen (secondary N) is 2. The van der Waals surface area contributed by atoms with Gasteiger partial charge in [0.25, 0.3) is 0 Å². The molecule has 0 aromatic rings. The average molecular weight is 280 g/mol. The molecule has 0 heterocycles. The molecular weight excluding hydrogens is 252 g/mol. The molecule has 4 nitrogen and oxygen atoms in total. The van der Waals surface area contributed by atoms with Gasteiger partial charge in [-0.05, 0) is 50.9 Å². The lowest BCUT2D eigenvalue weighted by molar-refractivity contribution is -0.137. The van der Waals surface area contributed by atoms with E-state index in [1.165, 1.54) is 19.3 Å². The highest BCUT2D eigenvalue weighted by Gasteiger charge is 2.47. The number of rotatable bonds is 8. The van der Waals surface area contributed by atoms with Crippen molar-refractivity contribution < 1.29 is 9.59 Å². The molecule has 2 rings (SSSR count). The molecular formula is C16H28N2O2. The molecule has 3 unspecified atom stereocenters. The highest BCUT2D eigenvalue weighted by atomic mass is 16.2. The highest BCUT2D eigenvalue weighted by Crippen LogP contribution is 2.48. The average Bonchev–Trinajstić information content (AvgIpc) is 3.15. The fourth-order valence-electron chi connectivity index (χ4n) is 3.24. The molecule has 2 N–H and O–H groups in total. The Bertz CT molecular complexity index is 363. The predicted molar refractivity (Wildman–Crippen MR) is 79.0 cm³/mol. The summed E-state index contributed by atoms with van der Waals surface area (Å²) in [7, 11) is 0. The third-order valence-electron chi connectivity index (χ3n) is 5.07.